The van der Waals surface area contributed by atoms with Gasteiger partial charge < -0.3 is 14.7 Å². The average molecular weight is 397 g/mol. The number of aromatic nitrogens is 2. The van der Waals surface area contributed by atoms with Crippen molar-refractivity contribution in [3.8, 4) is 0 Å². The standard InChI is InChI=1S/C21H24N4O2S/c1-15-12-17(24-27-15)14-28-21-18(10-7-11-22-21)20(26)23-13-19(25(2)3)16-8-5-4-6-9-16/h4-12,19H,13-14H2,1-3H3,(H,23,26). The van der Waals surface area contributed by atoms with Crippen molar-refractivity contribution in [2.75, 3.05) is 20.6 Å². The zero-order valence-electron chi connectivity index (χ0n) is 16.3. The van der Waals surface area contributed by atoms with Crippen LogP contribution in [-0.4, -0.2) is 41.6 Å². The second-order valence-electron chi connectivity index (χ2n) is 6.67. The minimum atomic E-state index is -0.130. The van der Waals surface area contributed by atoms with Crippen molar-refractivity contribution < 1.29 is 9.32 Å². The topological polar surface area (TPSA) is 71.3 Å². The molecule has 0 fully saturated rings. The molecule has 2 heterocycles. The molecule has 3 aromatic rings. The number of hydrogen-bond acceptors (Lipinski definition) is 6. The number of carbonyl (C=O) groups excluding carboxylic acids is 1. The lowest BCUT2D eigenvalue weighted by atomic mass is 10.1. The highest BCUT2D eigenvalue weighted by Gasteiger charge is 2.18. The third-order valence-electron chi connectivity index (χ3n) is 4.31. The summed E-state index contributed by atoms with van der Waals surface area (Å²) in [6, 6.07) is 15.7. The van der Waals surface area contributed by atoms with Gasteiger partial charge in [-0.05, 0) is 38.7 Å². The molecule has 2 aromatic heterocycles. The van der Waals surface area contributed by atoms with Gasteiger partial charge in [0.25, 0.3) is 5.91 Å². The summed E-state index contributed by atoms with van der Waals surface area (Å²) in [4.78, 5) is 19.3. The Bertz CT molecular complexity index is 912. The van der Waals surface area contributed by atoms with Crippen molar-refractivity contribution in [1.82, 2.24) is 20.4 Å². The summed E-state index contributed by atoms with van der Waals surface area (Å²) in [5.74, 6) is 1.24. The maximum Gasteiger partial charge on any atom is 0.254 e. The van der Waals surface area contributed by atoms with Gasteiger partial charge in [-0.1, -0.05) is 47.3 Å². The largest absolute Gasteiger partial charge is 0.361 e. The molecule has 28 heavy (non-hydrogen) atoms. The maximum absolute atomic E-state index is 12.8. The van der Waals surface area contributed by atoms with Crippen LogP contribution in [0, 0.1) is 6.92 Å². The number of carbonyl (C=O) groups is 1. The minimum Gasteiger partial charge on any atom is -0.361 e. The van der Waals surface area contributed by atoms with E-state index in [1.807, 2.05) is 45.3 Å². The zero-order chi connectivity index (χ0) is 19.9. The molecule has 146 valence electrons. The van der Waals surface area contributed by atoms with Gasteiger partial charge in [0, 0.05) is 24.6 Å². The van der Waals surface area contributed by atoms with E-state index in [0.717, 1.165) is 17.0 Å². The molecule has 1 amide bonds. The predicted molar refractivity (Wildman–Crippen MR) is 110 cm³/mol. The third kappa shape index (κ3) is 5.21. The number of thioether (sulfide) groups is 1. The molecule has 1 aromatic carbocycles. The Morgan fingerprint density at radius 2 is 2.00 bits per heavy atom. The SMILES string of the molecule is Cc1cc(CSc2ncccc2C(=O)NCC(c2ccccc2)N(C)C)no1. The van der Waals surface area contributed by atoms with Crippen molar-refractivity contribution in [2.45, 2.75) is 23.7 Å². The molecule has 1 atom stereocenters. The fraction of sp³-hybridized carbons (Fsp3) is 0.286. The molecule has 1 unspecified atom stereocenters. The van der Waals surface area contributed by atoms with E-state index in [9.17, 15) is 4.79 Å². The molecule has 6 nitrogen and oxygen atoms in total. The normalized spacial score (nSPS) is 12.1. The second-order valence-corrected chi connectivity index (χ2v) is 7.64. The Hall–Kier alpha value is -2.64. The van der Waals surface area contributed by atoms with Gasteiger partial charge in [0.1, 0.15) is 10.8 Å². The number of nitrogens with one attached hydrogen (secondary N) is 1. The Morgan fingerprint density at radius 3 is 2.68 bits per heavy atom. The van der Waals surface area contributed by atoms with Gasteiger partial charge in [0.15, 0.2) is 0 Å². The van der Waals surface area contributed by atoms with Gasteiger partial charge in [0.2, 0.25) is 0 Å². The first-order valence-corrected chi connectivity index (χ1v) is 10.0. The molecule has 3 rings (SSSR count). The summed E-state index contributed by atoms with van der Waals surface area (Å²) in [6.07, 6.45) is 1.69. The lowest BCUT2D eigenvalue weighted by Crippen LogP contribution is -2.34. The van der Waals surface area contributed by atoms with E-state index in [1.165, 1.54) is 11.8 Å². The first-order valence-electron chi connectivity index (χ1n) is 9.04. The van der Waals surface area contributed by atoms with Crippen LogP contribution in [-0.2, 0) is 5.75 Å². The summed E-state index contributed by atoms with van der Waals surface area (Å²) in [7, 11) is 4.02. The zero-order valence-corrected chi connectivity index (χ0v) is 17.1. The number of hydrogen-bond donors (Lipinski definition) is 1. The Balaban J connectivity index is 1.66. The van der Waals surface area contributed by atoms with E-state index >= 15 is 0 Å². The highest BCUT2D eigenvalue weighted by atomic mass is 32.2. The summed E-state index contributed by atoms with van der Waals surface area (Å²) in [5, 5.41) is 7.72. The molecule has 0 aliphatic heterocycles. The van der Waals surface area contributed by atoms with Gasteiger partial charge >= 0.3 is 0 Å². The van der Waals surface area contributed by atoms with E-state index in [2.05, 4.69) is 32.5 Å². The van der Waals surface area contributed by atoms with Crippen LogP contribution < -0.4 is 5.32 Å². The van der Waals surface area contributed by atoms with Crippen molar-refractivity contribution in [2.24, 2.45) is 0 Å². The molecule has 7 heteroatoms. The van der Waals surface area contributed by atoms with Crippen molar-refractivity contribution in [1.29, 1.82) is 0 Å². The molecule has 0 saturated carbocycles. The van der Waals surface area contributed by atoms with Gasteiger partial charge in [0.05, 0.1) is 17.3 Å². The van der Waals surface area contributed by atoms with Crippen molar-refractivity contribution in [3.05, 3.63) is 77.3 Å². The number of amides is 1. The lowest BCUT2D eigenvalue weighted by Gasteiger charge is -2.25. The molecule has 0 aliphatic rings. The van der Waals surface area contributed by atoms with Crippen LogP contribution in [0.2, 0.25) is 0 Å². The summed E-state index contributed by atoms with van der Waals surface area (Å²) in [6.45, 7) is 2.37. The third-order valence-corrected chi connectivity index (χ3v) is 5.35. The van der Waals surface area contributed by atoms with Gasteiger partial charge in [-0.3, -0.25) is 4.79 Å². The molecular formula is C21H24N4O2S. The molecule has 0 saturated heterocycles. The minimum absolute atomic E-state index is 0.0935. The van der Waals surface area contributed by atoms with Crippen LogP contribution in [0.4, 0.5) is 0 Å². The van der Waals surface area contributed by atoms with E-state index in [4.69, 9.17) is 4.52 Å². The van der Waals surface area contributed by atoms with Crippen LogP contribution in [0.3, 0.4) is 0 Å². The fourth-order valence-corrected chi connectivity index (χ4v) is 3.74. The van der Waals surface area contributed by atoms with Gasteiger partial charge in [-0.25, -0.2) is 4.98 Å². The molecule has 0 spiro atoms. The number of rotatable bonds is 8. The molecule has 1 N–H and O–H groups in total. The number of aryl methyl sites for hydroxylation is 1. The molecule has 0 aliphatic carbocycles. The molecular weight excluding hydrogens is 372 g/mol. The van der Waals surface area contributed by atoms with E-state index in [-0.39, 0.29) is 11.9 Å². The smallest absolute Gasteiger partial charge is 0.254 e. The number of nitrogens with zero attached hydrogens (tertiary/aromatic N) is 3. The Morgan fingerprint density at radius 1 is 1.21 bits per heavy atom. The first kappa shape index (κ1) is 20.1. The van der Waals surface area contributed by atoms with Crippen LogP contribution in [0.5, 0.6) is 0 Å². The fourth-order valence-electron chi connectivity index (χ4n) is 2.87. The lowest BCUT2D eigenvalue weighted by molar-refractivity contribution is 0.0938. The maximum atomic E-state index is 12.8. The van der Waals surface area contributed by atoms with Crippen LogP contribution in [0.25, 0.3) is 0 Å². The monoisotopic (exact) mass is 396 g/mol. The Kier molecular flexibility index (Phi) is 6.84. The second kappa shape index (κ2) is 9.52. The number of benzene rings is 1. The van der Waals surface area contributed by atoms with Crippen LogP contribution in [0.15, 0.2) is 64.3 Å². The van der Waals surface area contributed by atoms with Gasteiger partial charge in [-0.2, -0.15) is 0 Å². The van der Waals surface area contributed by atoms with E-state index in [0.29, 0.717) is 22.9 Å². The number of likely N-dealkylation sites (N-methyl/N-ethyl adjacent to an activating group) is 1. The quantitative estimate of drug-likeness (QED) is 0.586. The average Bonchev–Trinajstić information content (AvgIpc) is 3.12. The number of pyridine rings is 1. The Labute approximate surface area is 169 Å². The summed E-state index contributed by atoms with van der Waals surface area (Å²) >= 11 is 1.47. The molecule has 0 radical (unpaired) electrons. The first-order chi connectivity index (χ1) is 13.5. The van der Waals surface area contributed by atoms with Gasteiger partial charge in [-0.15, -0.1) is 0 Å². The van der Waals surface area contributed by atoms with Crippen LogP contribution >= 0.6 is 11.8 Å². The van der Waals surface area contributed by atoms with Crippen molar-refractivity contribution in [3.63, 3.8) is 0 Å². The molecule has 0 bridgehead atoms. The highest BCUT2D eigenvalue weighted by Crippen LogP contribution is 2.24. The highest BCUT2D eigenvalue weighted by molar-refractivity contribution is 7.98. The predicted octanol–water partition coefficient (Wildman–Crippen LogP) is 3.70. The van der Waals surface area contributed by atoms with Crippen molar-refractivity contribution >= 4 is 17.7 Å². The van der Waals surface area contributed by atoms with E-state index < -0.39 is 0 Å². The van der Waals surface area contributed by atoms with Crippen LogP contribution in [0.1, 0.15) is 33.4 Å². The van der Waals surface area contributed by atoms with E-state index in [1.54, 1.807) is 18.3 Å². The summed E-state index contributed by atoms with van der Waals surface area (Å²) in [5.41, 5.74) is 2.56. The summed E-state index contributed by atoms with van der Waals surface area (Å²) < 4.78 is 5.09.